The maximum absolute atomic E-state index is 14.1. The van der Waals surface area contributed by atoms with E-state index in [-0.39, 0.29) is 12.2 Å². The Balaban J connectivity index is 1.54. The molecule has 0 bridgehead atoms. The van der Waals surface area contributed by atoms with E-state index in [1.54, 1.807) is 25.5 Å². The van der Waals surface area contributed by atoms with Crippen molar-refractivity contribution >= 4 is 45.9 Å². The number of carbonyl (C=O) groups excluding carboxylic acids is 1. The van der Waals surface area contributed by atoms with Gasteiger partial charge in [0.2, 0.25) is 0 Å². The number of para-hydroxylation sites is 1. The third-order valence-electron chi connectivity index (χ3n) is 7.36. The average Bonchev–Trinajstić information content (AvgIpc) is 3.49. The van der Waals surface area contributed by atoms with E-state index in [1.165, 1.54) is 11.3 Å². The van der Waals surface area contributed by atoms with Crippen molar-refractivity contribution in [1.82, 2.24) is 9.13 Å². The molecule has 0 fully saturated rings. The number of carbonyl (C=O) groups is 1. The topological polar surface area (TPSA) is 74.8 Å². The first-order valence-corrected chi connectivity index (χ1v) is 14.7. The summed E-state index contributed by atoms with van der Waals surface area (Å²) in [6, 6.07) is 24.6. The number of hydrogen-bond donors (Lipinski definition) is 0. The molecule has 3 heterocycles. The molecule has 42 heavy (non-hydrogen) atoms. The van der Waals surface area contributed by atoms with Gasteiger partial charge in [-0.3, -0.25) is 9.36 Å². The molecule has 0 saturated heterocycles. The molecule has 3 aromatic carbocycles. The highest BCUT2D eigenvalue weighted by molar-refractivity contribution is 7.07. The monoisotopic (exact) mass is 597 g/mol. The van der Waals surface area contributed by atoms with Gasteiger partial charge in [0.1, 0.15) is 5.75 Å². The fourth-order valence-electron chi connectivity index (χ4n) is 5.35. The van der Waals surface area contributed by atoms with Crippen molar-refractivity contribution in [1.29, 1.82) is 0 Å². The van der Waals surface area contributed by atoms with Crippen LogP contribution in [-0.2, 0) is 16.1 Å². The van der Waals surface area contributed by atoms with Crippen LogP contribution in [0.2, 0.25) is 5.02 Å². The molecular weight excluding hydrogens is 570 g/mol. The molecule has 6 rings (SSSR count). The molecule has 1 aliphatic heterocycles. The van der Waals surface area contributed by atoms with Gasteiger partial charge in [0.15, 0.2) is 4.80 Å². The van der Waals surface area contributed by atoms with Gasteiger partial charge in [0.05, 0.1) is 35.6 Å². The highest BCUT2D eigenvalue weighted by atomic mass is 35.5. The smallest absolute Gasteiger partial charge is 0.338 e. The van der Waals surface area contributed by atoms with Crippen molar-refractivity contribution in [2.75, 3.05) is 13.7 Å². The van der Waals surface area contributed by atoms with Crippen LogP contribution in [0, 0.1) is 0 Å². The van der Waals surface area contributed by atoms with Crippen LogP contribution in [0.15, 0.2) is 99.9 Å². The van der Waals surface area contributed by atoms with Gasteiger partial charge >= 0.3 is 5.97 Å². The Morgan fingerprint density at radius 1 is 1.07 bits per heavy atom. The Hall–Kier alpha value is -4.40. The van der Waals surface area contributed by atoms with Gasteiger partial charge in [0, 0.05) is 28.2 Å². The number of rotatable bonds is 7. The van der Waals surface area contributed by atoms with Gasteiger partial charge < -0.3 is 14.0 Å². The number of fused-ring (bicyclic) bond motifs is 2. The molecule has 1 atom stereocenters. The summed E-state index contributed by atoms with van der Waals surface area (Å²) in [6.07, 6.45) is 1.90. The molecule has 212 valence electrons. The van der Waals surface area contributed by atoms with Gasteiger partial charge in [0.25, 0.3) is 5.56 Å². The van der Waals surface area contributed by atoms with Crippen molar-refractivity contribution < 1.29 is 14.3 Å². The summed E-state index contributed by atoms with van der Waals surface area (Å²) in [5.41, 5.74) is 4.27. The SMILES string of the molecule is CCOC(=O)C1=C(C)N=c2sc(=Cc3cc4ccccc4n3Cc3ccccc3Cl)c(=O)n2[C@H]1c1ccc(OC)cc1. The second kappa shape index (κ2) is 11.5. The van der Waals surface area contributed by atoms with Crippen LogP contribution in [0.4, 0.5) is 0 Å². The van der Waals surface area contributed by atoms with Crippen molar-refractivity contribution in [3.8, 4) is 5.75 Å². The minimum Gasteiger partial charge on any atom is -0.497 e. The Morgan fingerprint density at radius 3 is 2.55 bits per heavy atom. The van der Waals surface area contributed by atoms with Crippen LogP contribution in [0.1, 0.15) is 36.7 Å². The summed E-state index contributed by atoms with van der Waals surface area (Å²) >= 11 is 7.83. The first-order valence-electron chi connectivity index (χ1n) is 13.5. The van der Waals surface area contributed by atoms with E-state index in [2.05, 4.69) is 22.8 Å². The number of methoxy groups -OCH3 is 1. The summed E-state index contributed by atoms with van der Waals surface area (Å²) in [4.78, 5) is 32.5. The predicted octanol–water partition coefficient (Wildman–Crippen LogP) is 5.46. The number of hydrogen-bond acceptors (Lipinski definition) is 6. The zero-order chi connectivity index (χ0) is 29.4. The number of thiazole rings is 1. The quantitative estimate of drug-likeness (QED) is 0.233. The first kappa shape index (κ1) is 27.8. The maximum Gasteiger partial charge on any atom is 0.338 e. The molecule has 1 aliphatic rings. The zero-order valence-corrected chi connectivity index (χ0v) is 24.9. The Labute approximate surface area is 251 Å². The van der Waals surface area contributed by atoms with Crippen LogP contribution >= 0.6 is 22.9 Å². The molecule has 0 spiro atoms. The Kier molecular flexibility index (Phi) is 7.58. The summed E-state index contributed by atoms with van der Waals surface area (Å²) < 4.78 is 15.0. The highest BCUT2D eigenvalue weighted by Gasteiger charge is 2.33. The molecule has 0 unspecified atom stereocenters. The molecule has 0 N–H and O–H groups in total. The number of aromatic nitrogens is 2. The lowest BCUT2D eigenvalue weighted by molar-refractivity contribution is -0.139. The third-order valence-corrected chi connectivity index (χ3v) is 8.71. The van der Waals surface area contributed by atoms with Crippen LogP contribution in [0.5, 0.6) is 5.75 Å². The van der Waals surface area contributed by atoms with Crippen molar-refractivity contribution in [3.63, 3.8) is 0 Å². The lowest BCUT2D eigenvalue weighted by atomic mass is 9.96. The van der Waals surface area contributed by atoms with Gasteiger partial charge in [-0.1, -0.05) is 71.5 Å². The van der Waals surface area contributed by atoms with Crippen LogP contribution in [0.3, 0.4) is 0 Å². The van der Waals surface area contributed by atoms with E-state index in [1.807, 2.05) is 66.7 Å². The van der Waals surface area contributed by atoms with Crippen molar-refractivity contribution in [2.45, 2.75) is 26.4 Å². The molecule has 0 aliphatic carbocycles. The largest absolute Gasteiger partial charge is 0.497 e. The average molecular weight is 598 g/mol. The number of esters is 1. The number of halogens is 1. The molecule has 0 radical (unpaired) electrons. The summed E-state index contributed by atoms with van der Waals surface area (Å²) in [5.74, 6) is 0.185. The van der Waals surface area contributed by atoms with Gasteiger partial charge in [-0.05, 0) is 61.4 Å². The zero-order valence-electron chi connectivity index (χ0n) is 23.3. The second-order valence-electron chi connectivity index (χ2n) is 9.88. The first-order chi connectivity index (χ1) is 20.4. The summed E-state index contributed by atoms with van der Waals surface area (Å²) in [5, 5.41) is 1.74. The predicted molar refractivity (Wildman–Crippen MR) is 166 cm³/mol. The van der Waals surface area contributed by atoms with E-state index < -0.39 is 12.0 Å². The van der Waals surface area contributed by atoms with Gasteiger partial charge in [-0.25, -0.2) is 9.79 Å². The van der Waals surface area contributed by atoms with Crippen molar-refractivity contribution in [3.05, 3.63) is 132 Å². The van der Waals surface area contributed by atoms with Crippen LogP contribution in [-0.4, -0.2) is 28.8 Å². The molecule has 7 nitrogen and oxygen atoms in total. The van der Waals surface area contributed by atoms with E-state index >= 15 is 0 Å². The fourth-order valence-corrected chi connectivity index (χ4v) is 6.58. The number of allylic oxidation sites excluding steroid dienone is 1. The Morgan fingerprint density at radius 2 is 1.81 bits per heavy atom. The third kappa shape index (κ3) is 4.97. The standard InChI is InChI=1S/C33H28ClN3O4S/c1-4-41-32(39)29-20(2)35-33-37(30(29)21-13-15-25(40-3)16-14-21)31(38)28(42-33)18-24-17-22-9-6-8-12-27(22)36(24)19-23-10-5-7-11-26(23)34/h5-18,30H,4,19H2,1-3H3/t30-/m0/s1. The Bertz CT molecular complexity index is 2040. The molecular formula is C33H28ClN3O4S. The van der Waals surface area contributed by atoms with Gasteiger partial charge in [-0.2, -0.15) is 0 Å². The molecule has 2 aromatic heterocycles. The number of benzene rings is 3. The van der Waals surface area contributed by atoms with E-state index in [9.17, 15) is 9.59 Å². The number of ether oxygens (including phenoxy) is 2. The van der Waals surface area contributed by atoms with E-state index in [4.69, 9.17) is 26.1 Å². The molecule has 5 aromatic rings. The van der Waals surface area contributed by atoms with Crippen LogP contribution < -0.4 is 19.6 Å². The minimum atomic E-state index is -0.692. The normalized spacial score (nSPS) is 15.0. The van der Waals surface area contributed by atoms with Crippen molar-refractivity contribution in [2.24, 2.45) is 4.99 Å². The summed E-state index contributed by atoms with van der Waals surface area (Å²) in [7, 11) is 1.59. The van der Waals surface area contributed by atoms with E-state index in [0.717, 1.165) is 27.7 Å². The number of nitrogens with zero attached hydrogens (tertiary/aromatic N) is 3. The molecule has 0 saturated carbocycles. The van der Waals surface area contributed by atoms with E-state index in [0.29, 0.717) is 37.9 Å². The molecule has 9 heteroatoms. The molecule has 0 amide bonds. The lowest BCUT2D eigenvalue weighted by Gasteiger charge is -2.24. The maximum atomic E-state index is 14.1. The highest BCUT2D eigenvalue weighted by Crippen LogP contribution is 2.32. The van der Waals surface area contributed by atoms with Crippen LogP contribution in [0.25, 0.3) is 17.0 Å². The van der Waals surface area contributed by atoms with Gasteiger partial charge in [-0.15, -0.1) is 0 Å². The lowest BCUT2D eigenvalue weighted by Crippen LogP contribution is -2.40. The fraction of sp³-hybridized carbons (Fsp3) is 0.182. The second-order valence-corrected chi connectivity index (χ2v) is 11.3. The minimum absolute atomic E-state index is 0.214. The summed E-state index contributed by atoms with van der Waals surface area (Å²) in [6.45, 7) is 4.29.